The van der Waals surface area contributed by atoms with Crippen molar-refractivity contribution in [3.05, 3.63) is 107 Å². The van der Waals surface area contributed by atoms with Gasteiger partial charge in [0, 0.05) is 23.0 Å². The van der Waals surface area contributed by atoms with Crippen molar-refractivity contribution < 1.29 is 19.1 Å². The van der Waals surface area contributed by atoms with Crippen LogP contribution in [0.1, 0.15) is 34.8 Å². The number of methoxy groups -OCH3 is 1. The molecule has 1 aromatic heterocycles. The highest BCUT2D eigenvalue weighted by atomic mass is 16.5. The Balaban J connectivity index is 1.43. The van der Waals surface area contributed by atoms with Gasteiger partial charge < -0.3 is 19.8 Å². The monoisotopic (exact) mass is 497 g/mol. The largest absolute Gasteiger partial charge is 0.468 e. The second-order valence-electron chi connectivity index (χ2n) is 9.32. The quantitative estimate of drug-likeness (QED) is 0.304. The van der Waals surface area contributed by atoms with E-state index in [1.165, 1.54) is 12.7 Å². The number of alkyl carbamates (subject to hydrolysis) is 1. The van der Waals surface area contributed by atoms with E-state index in [0.717, 1.165) is 34.1 Å². The molecule has 7 nitrogen and oxygen atoms in total. The minimum atomic E-state index is -0.525. The Morgan fingerprint density at radius 1 is 0.946 bits per heavy atom. The van der Waals surface area contributed by atoms with Crippen LogP contribution in [-0.4, -0.2) is 36.2 Å². The molecule has 0 fully saturated rings. The summed E-state index contributed by atoms with van der Waals surface area (Å²) >= 11 is 0. The third-order valence-electron chi connectivity index (χ3n) is 6.94. The van der Waals surface area contributed by atoms with Crippen molar-refractivity contribution in [2.45, 2.75) is 44.0 Å². The number of carbonyl (C=O) groups excluding carboxylic acids is 2. The van der Waals surface area contributed by atoms with Crippen molar-refractivity contribution in [2.24, 2.45) is 0 Å². The lowest BCUT2D eigenvalue weighted by Gasteiger charge is -2.35. The molecular formula is C30H31N3O4. The average Bonchev–Trinajstić information content (AvgIpc) is 3.33. The van der Waals surface area contributed by atoms with E-state index < -0.39 is 12.1 Å². The molecule has 0 spiro atoms. The summed E-state index contributed by atoms with van der Waals surface area (Å²) in [5, 5.41) is 7.63. The molecule has 0 aliphatic carbocycles. The number of esters is 1. The first-order valence-corrected chi connectivity index (χ1v) is 12.6. The zero-order valence-corrected chi connectivity index (χ0v) is 20.8. The SMILES string of the molecule is COC(=O)[C@@H]1Cc2c([nH]c3ccccc23)[C@H]([C@@H](CCc2ccccc2)NC(=O)OCc2ccccc2)N1. The molecule has 7 heteroatoms. The lowest BCUT2D eigenvalue weighted by atomic mass is 9.88. The molecule has 190 valence electrons. The highest BCUT2D eigenvalue weighted by molar-refractivity contribution is 5.87. The van der Waals surface area contributed by atoms with Gasteiger partial charge in [0.2, 0.25) is 0 Å². The third-order valence-corrected chi connectivity index (χ3v) is 6.94. The van der Waals surface area contributed by atoms with Crippen molar-refractivity contribution in [3.63, 3.8) is 0 Å². The summed E-state index contributed by atoms with van der Waals surface area (Å²) in [6.07, 6.45) is 1.40. The zero-order chi connectivity index (χ0) is 25.6. The number of nitrogens with one attached hydrogen (secondary N) is 3. The molecule has 0 radical (unpaired) electrons. The predicted octanol–water partition coefficient (Wildman–Crippen LogP) is 4.82. The van der Waals surface area contributed by atoms with E-state index in [2.05, 4.69) is 33.8 Å². The maximum absolute atomic E-state index is 13.0. The van der Waals surface area contributed by atoms with Gasteiger partial charge in [-0.05, 0) is 35.6 Å². The second-order valence-corrected chi connectivity index (χ2v) is 9.32. The Labute approximate surface area is 216 Å². The first-order valence-electron chi connectivity index (χ1n) is 12.6. The smallest absolute Gasteiger partial charge is 0.407 e. The van der Waals surface area contributed by atoms with Crippen molar-refractivity contribution in [3.8, 4) is 0 Å². The average molecular weight is 498 g/mol. The molecule has 3 aromatic carbocycles. The van der Waals surface area contributed by atoms with Gasteiger partial charge in [-0.2, -0.15) is 0 Å². The van der Waals surface area contributed by atoms with Crippen molar-refractivity contribution in [2.75, 3.05) is 7.11 Å². The van der Waals surface area contributed by atoms with E-state index >= 15 is 0 Å². The summed E-state index contributed by atoms with van der Waals surface area (Å²) in [6, 6.07) is 26.6. The molecular weight excluding hydrogens is 466 g/mol. The van der Waals surface area contributed by atoms with Crippen LogP contribution in [0.15, 0.2) is 84.9 Å². The van der Waals surface area contributed by atoms with Crippen LogP contribution in [0.2, 0.25) is 0 Å². The number of fused-ring (bicyclic) bond motifs is 3. The molecule has 37 heavy (non-hydrogen) atoms. The van der Waals surface area contributed by atoms with Gasteiger partial charge >= 0.3 is 12.1 Å². The molecule has 4 aromatic rings. The number of amides is 1. The Morgan fingerprint density at radius 2 is 1.62 bits per heavy atom. The fourth-order valence-corrected chi connectivity index (χ4v) is 5.09. The van der Waals surface area contributed by atoms with Crippen LogP contribution in [0.4, 0.5) is 4.79 Å². The Kier molecular flexibility index (Phi) is 7.51. The van der Waals surface area contributed by atoms with Crippen LogP contribution in [0, 0.1) is 0 Å². The first kappa shape index (κ1) is 24.6. The molecule has 5 rings (SSSR count). The summed E-state index contributed by atoms with van der Waals surface area (Å²) < 4.78 is 10.7. The van der Waals surface area contributed by atoms with E-state index in [0.29, 0.717) is 12.8 Å². The van der Waals surface area contributed by atoms with Crippen LogP contribution in [0.5, 0.6) is 0 Å². The molecule has 0 saturated heterocycles. The number of benzene rings is 3. The number of ether oxygens (including phenoxy) is 2. The number of hydrogen-bond donors (Lipinski definition) is 3. The standard InChI is InChI=1S/C30H31N3O4/c1-36-29(34)26-18-23-22-14-8-9-15-24(22)31-27(23)28(32-26)25(17-16-20-10-4-2-5-11-20)33-30(35)37-19-21-12-6-3-7-13-21/h2-15,25-26,28,31-32H,16-19H2,1H3,(H,33,35)/t25-,26+,28+/m1/s1. The lowest BCUT2D eigenvalue weighted by molar-refractivity contribution is -0.143. The second kappa shape index (κ2) is 11.3. The molecule has 0 unspecified atom stereocenters. The number of rotatable bonds is 8. The number of H-pyrrole nitrogens is 1. The fraction of sp³-hybridized carbons (Fsp3) is 0.267. The highest BCUT2D eigenvalue weighted by Gasteiger charge is 2.38. The van der Waals surface area contributed by atoms with Gasteiger partial charge in [-0.3, -0.25) is 10.1 Å². The van der Waals surface area contributed by atoms with E-state index in [1.54, 1.807) is 0 Å². The van der Waals surface area contributed by atoms with Gasteiger partial charge in [0.05, 0.1) is 19.2 Å². The molecule has 3 atom stereocenters. The van der Waals surface area contributed by atoms with Crippen molar-refractivity contribution in [1.82, 2.24) is 15.6 Å². The molecule has 1 aliphatic heterocycles. The van der Waals surface area contributed by atoms with E-state index in [1.807, 2.05) is 66.7 Å². The van der Waals surface area contributed by atoms with Crippen molar-refractivity contribution in [1.29, 1.82) is 0 Å². The third kappa shape index (κ3) is 5.67. The Bertz CT molecular complexity index is 1350. The highest BCUT2D eigenvalue weighted by Crippen LogP contribution is 2.34. The normalized spacial score (nSPS) is 17.5. The summed E-state index contributed by atoms with van der Waals surface area (Å²) in [4.78, 5) is 29.2. The van der Waals surface area contributed by atoms with Crippen LogP contribution < -0.4 is 10.6 Å². The molecule has 0 bridgehead atoms. The number of aromatic amines is 1. The summed E-state index contributed by atoms with van der Waals surface area (Å²) in [5.41, 5.74) is 5.13. The Hall–Kier alpha value is -4.10. The summed E-state index contributed by atoms with van der Waals surface area (Å²) in [6.45, 7) is 0.179. The van der Waals surface area contributed by atoms with Gasteiger partial charge in [-0.25, -0.2) is 4.79 Å². The van der Waals surface area contributed by atoms with Gasteiger partial charge in [-0.15, -0.1) is 0 Å². The molecule has 0 saturated carbocycles. The van der Waals surface area contributed by atoms with Gasteiger partial charge in [0.25, 0.3) is 0 Å². The summed E-state index contributed by atoms with van der Waals surface area (Å²) in [5.74, 6) is -0.325. The molecule has 1 aliphatic rings. The fourth-order valence-electron chi connectivity index (χ4n) is 5.09. The van der Waals surface area contributed by atoms with Gasteiger partial charge in [-0.1, -0.05) is 78.9 Å². The molecule has 3 N–H and O–H groups in total. The van der Waals surface area contributed by atoms with Crippen LogP contribution in [-0.2, 0) is 33.7 Å². The number of hydrogen-bond acceptors (Lipinski definition) is 5. The van der Waals surface area contributed by atoms with Crippen LogP contribution in [0.3, 0.4) is 0 Å². The zero-order valence-electron chi connectivity index (χ0n) is 20.8. The van der Waals surface area contributed by atoms with E-state index in [9.17, 15) is 9.59 Å². The van der Waals surface area contributed by atoms with Gasteiger partial charge in [0.15, 0.2) is 0 Å². The minimum Gasteiger partial charge on any atom is -0.468 e. The first-order chi connectivity index (χ1) is 18.1. The topological polar surface area (TPSA) is 92.5 Å². The number of aromatic nitrogens is 1. The van der Waals surface area contributed by atoms with E-state index in [-0.39, 0.29) is 24.7 Å². The van der Waals surface area contributed by atoms with Gasteiger partial charge in [0.1, 0.15) is 12.6 Å². The Morgan fingerprint density at radius 3 is 2.35 bits per heavy atom. The maximum Gasteiger partial charge on any atom is 0.407 e. The maximum atomic E-state index is 13.0. The van der Waals surface area contributed by atoms with Crippen molar-refractivity contribution >= 4 is 23.0 Å². The van der Waals surface area contributed by atoms with Crippen LogP contribution >= 0.6 is 0 Å². The molecule has 2 heterocycles. The summed E-state index contributed by atoms with van der Waals surface area (Å²) in [7, 11) is 1.40. The van der Waals surface area contributed by atoms with Crippen LogP contribution in [0.25, 0.3) is 10.9 Å². The van der Waals surface area contributed by atoms with E-state index in [4.69, 9.17) is 9.47 Å². The predicted molar refractivity (Wildman–Crippen MR) is 142 cm³/mol. The lowest BCUT2D eigenvalue weighted by Crippen LogP contribution is -2.53. The minimum absolute atomic E-state index is 0.179. The molecule has 1 amide bonds. The number of carbonyl (C=O) groups is 2. The number of para-hydroxylation sites is 1. The number of aryl methyl sites for hydroxylation is 1.